The number of hydrogen-bond donors (Lipinski definition) is 0. The topological polar surface area (TPSA) is 20.3 Å². The van der Waals surface area contributed by atoms with Crippen LogP contribution < -0.4 is 0 Å². The number of piperidine rings is 1. The van der Waals surface area contributed by atoms with Crippen molar-refractivity contribution in [2.75, 3.05) is 6.54 Å². The van der Waals surface area contributed by atoms with Crippen LogP contribution in [0, 0.1) is 0 Å². The van der Waals surface area contributed by atoms with E-state index < -0.39 is 0 Å². The molecule has 1 aromatic rings. The Kier molecular flexibility index (Phi) is 5.53. The first-order valence-electron chi connectivity index (χ1n) is 9.39. The van der Waals surface area contributed by atoms with Gasteiger partial charge in [-0.3, -0.25) is 4.79 Å². The average Bonchev–Trinajstić information content (AvgIpc) is 2.62. The van der Waals surface area contributed by atoms with E-state index in [2.05, 4.69) is 11.8 Å². The van der Waals surface area contributed by atoms with E-state index in [0.29, 0.717) is 6.04 Å². The number of carbonyl (C=O) groups is 1. The van der Waals surface area contributed by atoms with E-state index in [1.54, 1.807) is 0 Å². The first-order valence-corrected chi connectivity index (χ1v) is 9.39. The number of rotatable bonds is 6. The zero-order chi connectivity index (χ0) is 16.1. The second-order valence-corrected chi connectivity index (χ2v) is 6.96. The zero-order valence-electron chi connectivity index (χ0n) is 14.4. The lowest BCUT2D eigenvalue weighted by molar-refractivity contribution is 0.0995. The normalized spacial score (nSPS) is 21.3. The van der Waals surface area contributed by atoms with Crippen LogP contribution in [0.3, 0.4) is 0 Å². The molecule has 1 aromatic carbocycles. The van der Waals surface area contributed by atoms with E-state index in [9.17, 15) is 4.79 Å². The Balaban J connectivity index is 1.89. The number of unbranched alkanes of at least 4 members (excludes halogenated alkanes) is 2. The molecule has 1 atom stereocenters. The molecule has 23 heavy (non-hydrogen) atoms. The highest BCUT2D eigenvalue weighted by Crippen LogP contribution is 2.36. The third-order valence-electron chi connectivity index (χ3n) is 5.38. The molecular formula is C21H29NO. The van der Waals surface area contributed by atoms with Crippen molar-refractivity contribution < 1.29 is 4.79 Å². The van der Waals surface area contributed by atoms with E-state index in [0.717, 1.165) is 36.9 Å². The van der Waals surface area contributed by atoms with Gasteiger partial charge in [-0.05, 0) is 44.9 Å². The van der Waals surface area contributed by atoms with Gasteiger partial charge in [0, 0.05) is 29.4 Å². The fourth-order valence-electron chi connectivity index (χ4n) is 4.13. The zero-order valence-corrected chi connectivity index (χ0v) is 14.4. The third-order valence-corrected chi connectivity index (χ3v) is 5.38. The molecule has 2 heterocycles. The van der Waals surface area contributed by atoms with Crippen molar-refractivity contribution in [3.8, 4) is 0 Å². The fraction of sp³-hybridized carbons (Fsp3) is 0.571. The van der Waals surface area contributed by atoms with E-state index in [1.165, 1.54) is 44.2 Å². The van der Waals surface area contributed by atoms with Gasteiger partial charge >= 0.3 is 0 Å². The summed E-state index contributed by atoms with van der Waals surface area (Å²) in [6.07, 6.45) is 10.9. The molecule has 2 nitrogen and oxygen atoms in total. The molecule has 1 unspecified atom stereocenters. The first kappa shape index (κ1) is 16.3. The van der Waals surface area contributed by atoms with Crippen molar-refractivity contribution in [1.29, 1.82) is 0 Å². The Hall–Kier alpha value is -1.57. The van der Waals surface area contributed by atoms with Gasteiger partial charge in [0.05, 0.1) is 0 Å². The number of Topliss-reactive ketones (excluding diaryl/α,β-unsaturated/α-hetero) is 1. The molecule has 0 aromatic heterocycles. The van der Waals surface area contributed by atoms with Crippen molar-refractivity contribution in [3.63, 3.8) is 0 Å². The predicted octanol–water partition coefficient (Wildman–Crippen LogP) is 5.35. The molecule has 3 rings (SSSR count). The molecule has 0 radical (unpaired) electrons. The van der Waals surface area contributed by atoms with Gasteiger partial charge in [0.1, 0.15) is 0 Å². The Morgan fingerprint density at radius 1 is 1.13 bits per heavy atom. The average molecular weight is 311 g/mol. The molecule has 0 amide bonds. The molecular weight excluding hydrogens is 282 g/mol. The van der Waals surface area contributed by atoms with Gasteiger partial charge in [-0.15, -0.1) is 0 Å². The van der Waals surface area contributed by atoms with Crippen LogP contribution in [0.2, 0.25) is 0 Å². The number of carbonyl (C=O) groups excluding carboxylic acids is 1. The molecule has 0 aliphatic carbocycles. The molecule has 0 bridgehead atoms. The highest BCUT2D eigenvalue weighted by molar-refractivity contribution is 6.09. The summed E-state index contributed by atoms with van der Waals surface area (Å²) >= 11 is 0. The summed E-state index contributed by atoms with van der Waals surface area (Å²) in [5.74, 6) is 0.265. The van der Waals surface area contributed by atoms with Gasteiger partial charge < -0.3 is 4.90 Å². The van der Waals surface area contributed by atoms with Crippen LogP contribution >= 0.6 is 0 Å². The molecule has 124 valence electrons. The summed E-state index contributed by atoms with van der Waals surface area (Å²) in [5.41, 5.74) is 3.33. The lowest BCUT2D eigenvalue weighted by atomic mass is 9.85. The second kappa shape index (κ2) is 7.81. The highest BCUT2D eigenvalue weighted by Gasteiger charge is 2.32. The number of hydrogen-bond acceptors (Lipinski definition) is 2. The van der Waals surface area contributed by atoms with Crippen molar-refractivity contribution in [2.24, 2.45) is 0 Å². The lowest BCUT2D eigenvalue weighted by Gasteiger charge is -2.43. The summed E-state index contributed by atoms with van der Waals surface area (Å²) in [6, 6.07) is 10.5. The van der Waals surface area contributed by atoms with E-state index >= 15 is 0 Å². The van der Waals surface area contributed by atoms with Crippen LogP contribution in [0.25, 0.3) is 0 Å². The second-order valence-electron chi connectivity index (χ2n) is 6.96. The standard InChI is InChI=1S/C21H29NO/c1-2-3-5-13-20-19(21(23)17-10-6-4-7-11-17)15-14-18-12-8-9-16-22(18)20/h4,6-7,10-11,18H,2-3,5,8-9,12-16H2,1H3. The number of benzene rings is 1. The maximum Gasteiger partial charge on any atom is 0.190 e. The molecule has 2 aliphatic rings. The maximum atomic E-state index is 13.0. The smallest absolute Gasteiger partial charge is 0.190 e. The summed E-state index contributed by atoms with van der Waals surface area (Å²) in [7, 11) is 0. The van der Waals surface area contributed by atoms with E-state index in [1.807, 2.05) is 30.3 Å². The Morgan fingerprint density at radius 2 is 1.96 bits per heavy atom. The van der Waals surface area contributed by atoms with Crippen molar-refractivity contribution in [3.05, 3.63) is 47.2 Å². The Morgan fingerprint density at radius 3 is 2.74 bits per heavy atom. The molecule has 2 aliphatic heterocycles. The van der Waals surface area contributed by atoms with Crippen LogP contribution in [0.15, 0.2) is 41.6 Å². The Labute approximate surface area is 140 Å². The third kappa shape index (κ3) is 3.68. The maximum absolute atomic E-state index is 13.0. The van der Waals surface area contributed by atoms with Crippen molar-refractivity contribution in [1.82, 2.24) is 4.90 Å². The Bertz CT molecular complexity index is 560. The summed E-state index contributed by atoms with van der Waals surface area (Å²) in [5, 5.41) is 0. The van der Waals surface area contributed by atoms with Gasteiger partial charge in [0.25, 0.3) is 0 Å². The predicted molar refractivity (Wildman–Crippen MR) is 95.5 cm³/mol. The summed E-state index contributed by atoms with van der Waals surface area (Å²) in [4.78, 5) is 15.6. The van der Waals surface area contributed by atoms with Gasteiger partial charge in [-0.1, -0.05) is 50.1 Å². The van der Waals surface area contributed by atoms with Crippen LogP contribution in [0.4, 0.5) is 0 Å². The minimum Gasteiger partial charge on any atom is -0.371 e. The minimum atomic E-state index is 0.265. The van der Waals surface area contributed by atoms with Gasteiger partial charge in [0.15, 0.2) is 5.78 Å². The van der Waals surface area contributed by atoms with Crippen LogP contribution in [-0.4, -0.2) is 23.3 Å². The largest absolute Gasteiger partial charge is 0.371 e. The van der Waals surface area contributed by atoms with E-state index in [4.69, 9.17) is 0 Å². The van der Waals surface area contributed by atoms with Crippen LogP contribution in [0.1, 0.15) is 75.1 Å². The number of allylic oxidation sites excluding steroid dienone is 2. The molecule has 1 fully saturated rings. The van der Waals surface area contributed by atoms with Gasteiger partial charge in [-0.2, -0.15) is 0 Å². The highest BCUT2D eigenvalue weighted by atomic mass is 16.1. The van der Waals surface area contributed by atoms with Crippen molar-refractivity contribution >= 4 is 5.78 Å². The van der Waals surface area contributed by atoms with Crippen LogP contribution in [-0.2, 0) is 0 Å². The van der Waals surface area contributed by atoms with Gasteiger partial charge in [-0.25, -0.2) is 0 Å². The molecule has 0 N–H and O–H groups in total. The fourth-order valence-corrected chi connectivity index (χ4v) is 4.13. The molecule has 0 spiro atoms. The first-order chi connectivity index (χ1) is 11.3. The number of nitrogens with zero attached hydrogens (tertiary/aromatic N) is 1. The quantitative estimate of drug-likeness (QED) is 0.521. The van der Waals surface area contributed by atoms with Crippen LogP contribution in [0.5, 0.6) is 0 Å². The molecule has 2 heteroatoms. The summed E-state index contributed by atoms with van der Waals surface area (Å²) in [6.45, 7) is 3.40. The van der Waals surface area contributed by atoms with E-state index in [-0.39, 0.29) is 5.78 Å². The lowest BCUT2D eigenvalue weighted by Crippen LogP contribution is -2.42. The number of ketones is 1. The SMILES string of the molecule is CCCCCC1=C(C(=O)c2ccccc2)CCC2CCCCN12. The summed E-state index contributed by atoms with van der Waals surface area (Å²) < 4.78 is 0. The molecule has 0 saturated carbocycles. The van der Waals surface area contributed by atoms with Crippen molar-refractivity contribution in [2.45, 2.75) is 70.8 Å². The minimum absolute atomic E-state index is 0.265. The van der Waals surface area contributed by atoms with Gasteiger partial charge in [0.2, 0.25) is 0 Å². The monoisotopic (exact) mass is 311 g/mol. The number of fused-ring (bicyclic) bond motifs is 1. The molecule has 1 saturated heterocycles.